The Morgan fingerprint density at radius 2 is 1.91 bits per heavy atom. The fourth-order valence-corrected chi connectivity index (χ4v) is 3.11. The van der Waals surface area contributed by atoms with Gasteiger partial charge in [-0.15, -0.1) is 0 Å². The van der Waals surface area contributed by atoms with Crippen molar-refractivity contribution in [2.45, 2.75) is 46.0 Å². The first kappa shape index (κ1) is 17.3. The molecule has 0 amide bonds. The number of carbonyl (C=O) groups is 2. The summed E-state index contributed by atoms with van der Waals surface area (Å²) < 4.78 is 5.38. The number of Topliss-reactive ketones (excluding diaryl/α,β-unsaturated/α-hetero) is 1. The fourth-order valence-electron chi connectivity index (χ4n) is 3.11. The Morgan fingerprint density at radius 1 is 1.17 bits per heavy atom. The Hall–Kier alpha value is -2.10. The van der Waals surface area contributed by atoms with Gasteiger partial charge in [0.05, 0.1) is 17.5 Å². The standard InChI is InChI=1S/C19H24O4/c1-3-5-6-9-13(4-2)17(19(21)22)18(20)15-12-23-16-11-8-7-10-14(15)16/h7-8,10-13,17H,3-6,9H2,1-2H3,(H,21,22)/p-1. The van der Waals surface area contributed by atoms with E-state index in [0.717, 1.165) is 25.7 Å². The summed E-state index contributed by atoms with van der Waals surface area (Å²) >= 11 is 0. The van der Waals surface area contributed by atoms with Crippen molar-refractivity contribution in [3.05, 3.63) is 36.1 Å². The van der Waals surface area contributed by atoms with Crippen LogP contribution >= 0.6 is 0 Å². The average Bonchev–Trinajstić information content (AvgIpc) is 2.97. The number of ketones is 1. The largest absolute Gasteiger partial charge is 0.549 e. The summed E-state index contributed by atoms with van der Waals surface area (Å²) in [4.78, 5) is 24.5. The Bertz CT molecular complexity index is 671. The van der Waals surface area contributed by atoms with Gasteiger partial charge in [-0.1, -0.05) is 57.7 Å². The van der Waals surface area contributed by atoms with Crippen molar-refractivity contribution in [2.24, 2.45) is 11.8 Å². The lowest BCUT2D eigenvalue weighted by Gasteiger charge is -2.25. The van der Waals surface area contributed by atoms with Crippen LogP contribution in [0.4, 0.5) is 0 Å². The van der Waals surface area contributed by atoms with Crippen molar-refractivity contribution in [2.75, 3.05) is 0 Å². The van der Waals surface area contributed by atoms with Crippen molar-refractivity contribution in [1.82, 2.24) is 0 Å². The van der Waals surface area contributed by atoms with Gasteiger partial charge < -0.3 is 14.3 Å². The van der Waals surface area contributed by atoms with E-state index in [1.807, 2.05) is 13.0 Å². The molecule has 0 N–H and O–H groups in total. The molecule has 0 spiro atoms. The lowest BCUT2D eigenvalue weighted by Crippen LogP contribution is -2.41. The third kappa shape index (κ3) is 3.81. The molecule has 0 radical (unpaired) electrons. The summed E-state index contributed by atoms with van der Waals surface area (Å²) in [5.41, 5.74) is 0.927. The van der Waals surface area contributed by atoms with E-state index < -0.39 is 17.7 Å². The van der Waals surface area contributed by atoms with Gasteiger partial charge in [0.25, 0.3) is 0 Å². The van der Waals surface area contributed by atoms with Gasteiger partial charge in [-0.3, -0.25) is 4.79 Å². The molecular formula is C19H23O4-. The highest BCUT2D eigenvalue weighted by molar-refractivity contribution is 6.14. The van der Waals surface area contributed by atoms with E-state index in [-0.39, 0.29) is 5.92 Å². The lowest BCUT2D eigenvalue weighted by molar-refractivity contribution is -0.310. The summed E-state index contributed by atoms with van der Waals surface area (Å²) in [6.07, 6.45) is 5.76. The molecule has 0 fully saturated rings. The summed E-state index contributed by atoms with van der Waals surface area (Å²) in [7, 11) is 0. The van der Waals surface area contributed by atoms with E-state index in [9.17, 15) is 14.7 Å². The number of hydrogen-bond acceptors (Lipinski definition) is 4. The molecule has 1 aromatic carbocycles. The first-order valence-corrected chi connectivity index (χ1v) is 8.31. The molecule has 124 valence electrons. The molecule has 0 saturated heterocycles. The zero-order chi connectivity index (χ0) is 16.8. The van der Waals surface area contributed by atoms with Crippen molar-refractivity contribution in [3.8, 4) is 0 Å². The van der Waals surface area contributed by atoms with Gasteiger partial charge in [-0.2, -0.15) is 0 Å². The number of para-hydroxylation sites is 1. The first-order valence-electron chi connectivity index (χ1n) is 8.31. The van der Waals surface area contributed by atoms with Gasteiger partial charge in [0, 0.05) is 5.39 Å². The fraction of sp³-hybridized carbons (Fsp3) is 0.474. The van der Waals surface area contributed by atoms with Crippen LogP contribution in [-0.4, -0.2) is 11.8 Å². The third-order valence-electron chi connectivity index (χ3n) is 4.46. The molecule has 2 unspecified atom stereocenters. The predicted octanol–water partition coefficient (Wildman–Crippen LogP) is 3.59. The molecule has 4 heteroatoms. The smallest absolute Gasteiger partial charge is 0.175 e. The second-order valence-corrected chi connectivity index (χ2v) is 5.97. The van der Waals surface area contributed by atoms with Crippen LogP contribution in [0.1, 0.15) is 56.3 Å². The maximum absolute atomic E-state index is 12.8. The number of furan rings is 1. The normalized spacial score (nSPS) is 13.8. The highest BCUT2D eigenvalue weighted by Crippen LogP contribution is 2.29. The van der Waals surface area contributed by atoms with Crippen LogP contribution in [0, 0.1) is 11.8 Å². The van der Waals surface area contributed by atoms with Crippen molar-refractivity contribution < 1.29 is 19.1 Å². The number of carboxylic acid groups (broad SMARTS) is 1. The molecule has 2 atom stereocenters. The lowest BCUT2D eigenvalue weighted by atomic mass is 9.81. The van der Waals surface area contributed by atoms with Crippen LogP contribution in [0.25, 0.3) is 11.0 Å². The zero-order valence-electron chi connectivity index (χ0n) is 13.7. The zero-order valence-corrected chi connectivity index (χ0v) is 13.7. The van der Waals surface area contributed by atoms with Gasteiger partial charge in [0.1, 0.15) is 11.8 Å². The van der Waals surface area contributed by atoms with E-state index in [4.69, 9.17) is 4.42 Å². The number of rotatable bonds is 9. The minimum Gasteiger partial charge on any atom is -0.549 e. The Labute approximate surface area is 136 Å². The van der Waals surface area contributed by atoms with Crippen molar-refractivity contribution >= 4 is 22.7 Å². The topological polar surface area (TPSA) is 70.3 Å². The summed E-state index contributed by atoms with van der Waals surface area (Å²) in [5.74, 6) is -3.01. The van der Waals surface area contributed by atoms with E-state index in [1.54, 1.807) is 18.2 Å². The number of fused-ring (bicyclic) bond motifs is 1. The number of aliphatic carboxylic acids is 1. The number of carboxylic acids is 1. The summed E-state index contributed by atoms with van der Waals surface area (Å²) in [6, 6.07) is 7.16. The molecule has 0 aliphatic rings. The Balaban J connectivity index is 2.29. The number of benzene rings is 1. The molecule has 1 heterocycles. The van der Waals surface area contributed by atoms with Gasteiger partial charge in [0.2, 0.25) is 0 Å². The molecule has 0 bridgehead atoms. The molecule has 23 heavy (non-hydrogen) atoms. The van der Waals surface area contributed by atoms with Crippen LogP contribution in [0.3, 0.4) is 0 Å². The minimum absolute atomic E-state index is 0.201. The molecule has 4 nitrogen and oxygen atoms in total. The Morgan fingerprint density at radius 3 is 2.57 bits per heavy atom. The SMILES string of the molecule is CCCCCC(CC)C(C(=O)[O-])C(=O)c1coc2ccccc12. The molecular weight excluding hydrogens is 292 g/mol. The van der Waals surface area contributed by atoms with Crippen LogP contribution < -0.4 is 5.11 Å². The molecule has 0 aliphatic heterocycles. The number of unbranched alkanes of at least 4 members (excludes halogenated alkanes) is 2. The Kier molecular flexibility index (Phi) is 5.97. The van der Waals surface area contributed by atoms with Gasteiger partial charge in [-0.25, -0.2) is 0 Å². The summed E-state index contributed by atoms with van der Waals surface area (Å²) in [6.45, 7) is 4.02. The van der Waals surface area contributed by atoms with Gasteiger partial charge in [-0.05, 0) is 18.4 Å². The third-order valence-corrected chi connectivity index (χ3v) is 4.46. The van der Waals surface area contributed by atoms with Crippen LogP contribution in [0.15, 0.2) is 34.9 Å². The van der Waals surface area contributed by atoms with Crippen LogP contribution in [0.2, 0.25) is 0 Å². The average molecular weight is 315 g/mol. The number of hydrogen-bond donors (Lipinski definition) is 0. The van der Waals surface area contributed by atoms with E-state index >= 15 is 0 Å². The minimum atomic E-state index is -1.29. The van der Waals surface area contributed by atoms with Gasteiger partial charge in [0.15, 0.2) is 5.78 Å². The predicted molar refractivity (Wildman–Crippen MR) is 87.0 cm³/mol. The molecule has 0 aliphatic carbocycles. The van der Waals surface area contributed by atoms with Crippen molar-refractivity contribution in [3.63, 3.8) is 0 Å². The molecule has 2 aromatic rings. The van der Waals surface area contributed by atoms with Gasteiger partial charge >= 0.3 is 0 Å². The monoisotopic (exact) mass is 315 g/mol. The molecule has 2 rings (SSSR count). The second kappa shape index (κ2) is 7.95. The van der Waals surface area contributed by atoms with Crippen LogP contribution in [0.5, 0.6) is 0 Å². The maximum Gasteiger partial charge on any atom is 0.175 e. The van der Waals surface area contributed by atoms with E-state index in [2.05, 4.69) is 6.92 Å². The highest BCUT2D eigenvalue weighted by atomic mass is 16.4. The quantitative estimate of drug-likeness (QED) is 0.403. The maximum atomic E-state index is 12.8. The van der Waals surface area contributed by atoms with E-state index in [0.29, 0.717) is 23.0 Å². The second-order valence-electron chi connectivity index (χ2n) is 5.97. The molecule has 1 aromatic heterocycles. The van der Waals surface area contributed by atoms with E-state index in [1.165, 1.54) is 6.26 Å². The molecule has 0 saturated carbocycles. The first-order chi connectivity index (χ1) is 11.1. The van der Waals surface area contributed by atoms with Crippen LogP contribution in [-0.2, 0) is 4.79 Å². The highest BCUT2D eigenvalue weighted by Gasteiger charge is 2.30. The van der Waals surface area contributed by atoms with Crippen molar-refractivity contribution in [1.29, 1.82) is 0 Å². The number of carbonyl (C=O) groups excluding carboxylic acids is 2. The summed E-state index contributed by atoms with van der Waals surface area (Å²) in [5, 5.41) is 12.3.